The third-order valence-electron chi connectivity index (χ3n) is 1.13. The lowest BCUT2D eigenvalue weighted by Gasteiger charge is -2.03. The van der Waals surface area contributed by atoms with Crippen LogP contribution in [0.2, 0.25) is 0 Å². The van der Waals surface area contributed by atoms with Gasteiger partial charge in [-0.3, -0.25) is 0 Å². The van der Waals surface area contributed by atoms with Gasteiger partial charge in [-0.05, 0) is 25.6 Å². The zero-order valence-corrected chi connectivity index (χ0v) is 6.87. The first-order valence-corrected chi connectivity index (χ1v) is 3.60. The standard InChI is InChI=1S/C7H11N2S/c1-3-4-7(8)6(2)9-5-10/h6,8H,2-4H2,1H3. The van der Waals surface area contributed by atoms with Gasteiger partial charge in [0.15, 0.2) is 0 Å². The molecule has 0 aliphatic carbocycles. The summed E-state index contributed by atoms with van der Waals surface area (Å²) < 4.78 is 0. The van der Waals surface area contributed by atoms with Crippen molar-refractivity contribution in [2.45, 2.75) is 25.8 Å². The van der Waals surface area contributed by atoms with Gasteiger partial charge in [-0.15, -0.1) is 0 Å². The molecule has 0 saturated heterocycles. The summed E-state index contributed by atoms with van der Waals surface area (Å²) in [4.78, 5) is 3.67. The first-order valence-electron chi connectivity index (χ1n) is 3.19. The van der Waals surface area contributed by atoms with Gasteiger partial charge in [0, 0.05) is 5.71 Å². The molecule has 10 heavy (non-hydrogen) atoms. The van der Waals surface area contributed by atoms with E-state index in [0.717, 1.165) is 12.8 Å². The third-order valence-corrected chi connectivity index (χ3v) is 1.24. The second-order valence-corrected chi connectivity index (χ2v) is 2.19. The smallest absolute Gasteiger partial charge is 0.0977 e. The molecule has 0 aliphatic rings. The molecular formula is C7H11N2S. The van der Waals surface area contributed by atoms with Crippen LogP contribution in [0.4, 0.5) is 0 Å². The van der Waals surface area contributed by atoms with Gasteiger partial charge >= 0.3 is 0 Å². The normalized spacial score (nSPS) is 11.8. The first-order chi connectivity index (χ1) is 4.72. The van der Waals surface area contributed by atoms with Crippen LogP contribution in [0.1, 0.15) is 19.8 Å². The Labute approximate surface area is 66.9 Å². The van der Waals surface area contributed by atoms with Crippen molar-refractivity contribution in [2.75, 3.05) is 0 Å². The minimum absolute atomic E-state index is 0.322. The number of aliphatic imine (C=N–C) groups is 1. The molecule has 3 heteroatoms. The highest BCUT2D eigenvalue weighted by Crippen LogP contribution is 1.97. The van der Waals surface area contributed by atoms with Crippen LogP contribution >= 0.6 is 12.2 Å². The fourth-order valence-corrected chi connectivity index (χ4v) is 0.705. The van der Waals surface area contributed by atoms with Gasteiger partial charge in [-0.1, -0.05) is 13.3 Å². The zero-order valence-electron chi connectivity index (χ0n) is 6.05. The molecule has 0 amide bonds. The van der Waals surface area contributed by atoms with Crippen molar-refractivity contribution < 1.29 is 0 Å². The average Bonchev–Trinajstić information content (AvgIpc) is 1.89. The van der Waals surface area contributed by atoms with E-state index < -0.39 is 0 Å². The minimum Gasteiger partial charge on any atom is -0.307 e. The summed E-state index contributed by atoms with van der Waals surface area (Å²) in [5.74, 6) is 0. The molecule has 2 nitrogen and oxygen atoms in total. The van der Waals surface area contributed by atoms with Crippen molar-refractivity contribution in [3.8, 4) is 0 Å². The predicted octanol–water partition coefficient (Wildman–Crippen LogP) is 2.11. The Balaban J connectivity index is 3.81. The number of nitrogens with one attached hydrogen (secondary N) is 1. The van der Waals surface area contributed by atoms with E-state index in [0.29, 0.717) is 5.71 Å². The molecule has 0 spiro atoms. The van der Waals surface area contributed by atoms with Crippen LogP contribution in [-0.2, 0) is 0 Å². The van der Waals surface area contributed by atoms with Crippen LogP contribution in [0.3, 0.4) is 0 Å². The van der Waals surface area contributed by atoms with Crippen LogP contribution < -0.4 is 0 Å². The second-order valence-electron chi connectivity index (χ2n) is 2.01. The maximum Gasteiger partial charge on any atom is 0.0977 e. The SMILES string of the molecule is [CH2]C(N=C=S)C(=N)CCC. The van der Waals surface area contributed by atoms with Crippen molar-refractivity contribution >= 4 is 23.1 Å². The summed E-state index contributed by atoms with van der Waals surface area (Å²) in [6.07, 6.45) is 1.70. The lowest BCUT2D eigenvalue weighted by molar-refractivity contribution is 0.927. The van der Waals surface area contributed by atoms with E-state index in [2.05, 4.69) is 29.3 Å². The molecule has 0 saturated carbocycles. The molecule has 0 aromatic rings. The summed E-state index contributed by atoms with van der Waals surface area (Å²) >= 11 is 4.38. The van der Waals surface area contributed by atoms with E-state index in [1.807, 2.05) is 6.92 Å². The van der Waals surface area contributed by atoms with Crippen LogP contribution in [0.25, 0.3) is 0 Å². The molecule has 0 heterocycles. The van der Waals surface area contributed by atoms with Gasteiger partial charge < -0.3 is 5.41 Å². The van der Waals surface area contributed by atoms with Crippen molar-refractivity contribution in [1.29, 1.82) is 5.41 Å². The number of hydrogen-bond acceptors (Lipinski definition) is 3. The Bertz CT molecular complexity index is 159. The van der Waals surface area contributed by atoms with E-state index in [1.54, 1.807) is 0 Å². The number of thiocarbonyl (C=S) groups is 1. The third kappa shape index (κ3) is 3.49. The molecule has 55 valence electrons. The summed E-state index contributed by atoms with van der Waals surface area (Å²) in [6, 6.07) is -0.322. The monoisotopic (exact) mass is 155 g/mol. The fraction of sp³-hybridized carbons (Fsp3) is 0.571. The predicted molar refractivity (Wildman–Crippen MR) is 46.8 cm³/mol. The molecule has 0 fully saturated rings. The molecule has 0 aliphatic heterocycles. The first kappa shape index (κ1) is 9.47. The van der Waals surface area contributed by atoms with Crippen molar-refractivity contribution in [3.05, 3.63) is 6.92 Å². The summed E-state index contributed by atoms with van der Waals surface area (Å²) in [5, 5.41) is 9.57. The molecule has 1 unspecified atom stereocenters. The van der Waals surface area contributed by atoms with Gasteiger partial charge in [0.05, 0.1) is 11.2 Å². The topological polar surface area (TPSA) is 36.2 Å². The van der Waals surface area contributed by atoms with Gasteiger partial charge in [0.1, 0.15) is 0 Å². The minimum atomic E-state index is -0.322. The van der Waals surface area contributed by atoms with Gasteiger partial charge in [0.2, 0.25) is 0 Å². The lowest BCUT2D eigenvalue weighted by Crippen LogP contribution is -2.12. The highest BCUT2D eigenvalue weighted by Gasteiger charge is 2.03. The number of hydrogen-bond donors (Lipinski definition) is 1. The molecule has 0 aromatic carbocycles. The quantitative estimate of drug-likeness (QED) is 0.490. The lowest BCUT2D eigenvalue weighted by atomic mass is 10.1. The zero-order chi connectivity index (χ0) is 7.98. The maximum absolute atomic E-state index is 7.36. The van der Waals surface area contributed by atoms with Crippen LogP contribution in [0.15, 0.2) is 4.99 Å². The Kier molecular flexibility index (Phi) is 4.99. The molecular weight excluding hydrogens is 144 g/mol. The van der Waals surface area contributed by atoms with E-state index in [-0.39, 0.29) is 6.04 Å². The molecule has 0 aromatic heterocycles. The molecule has 0 bridgehead atoms. The van der Waals surface area contributed by atoms with E-state index in [1.165, 1.54) is 0 Å². The van der Waals surface area contributed by atoms with Gasteiger partial charge in [-0.2, -0.15) is 0 Å². The molecule has 0 rings (SSSR count). The summed E-state index contributed by atoms with van der Waals surface area (Å²) in [5.41, 5.74) is 0.528. The Morgan fingerprint density at radius 1 is 1.90 bits per heavy atom. The average molecular weight is 155 g/mol. The van der Waals surface area contributed by atoms with Crippen molar-refractivity contribution in [3.63, 3.8) is 0 Å². The highest BCUT2D eigenvalue weighted by molar-refractivity contribution is 7.78. The molecule has 1 N–H and O–H groups in total. The number of nitrogens with zero attached hydrogens (tertiary/aromatic N) is 1. The molecule has 1 radical (unpaired) electrons. The number of isothiocyanates is 1. The van der Waals surface area contributed by atoms with Crippen LogP contribution in [0.5, 0.6) is 0 Å². The Morgan fingerprint density at radius 2 is 2.50 bits per heavy atom. The Morgan fingerprint density at radius 3 is 2.90 bits per heavy atom. The van der Waals surface area contributed by atoms with Gasteiger partial charge in [-0.25, -0.2) is 4.99 Å². The summed E-state index contributed by atoms with van der Waals surface area (Å²) in [7, 11) is 0. The van der Waals surface area contributed by atoms with E-state index in [4.69, 9.17) is 5.41 Å². The molecule has 1 atom stereocenters. The fourth-order valence-electron chi connectivity index (χ4n) is 0.577. The largest absolute Gasteiger partial charge is 0.307 e. The number of rotatable bonds is 4. The maximum atomic E-state index is 7.36. The van der Waals surface area contributed by atoms with Crippen molar-refractivity contribution in [2.24, 2.45) is 4.99 Å². The van der Waals surface area contributed by atoms with Crippen LogP contribution in [-0.4, -0.2) is 16.9 Å². The second kappa shape index (κ2) is 5.27. The van der Waals surface area contributed by atoms with E-state index in [9.17, 15) is 0 Å². The van der Waals surface area contributed by atoms with E-state index >= 15 is 0 Å². The summed E-state index contributed by atoms with van der Waals surface area (Å²) in [6.45, 7) is 5.64. The Hall–Kier alpha value is -0.530. The van der Waals surface area contributed by atoms with Crippen molar-refractivity contribution in [1.82, 2.24) is 0 Å². The van der Waals surface area contributed by atoms with Crippen LogP contribution in [0, 0.1) is 12.3 Å². The van der Waals surface area contributed by atoms with Gasteiger partial charge in [0.25, 0.3) is 0 Å². The highest BCUT2D eigenvalue weighted by atomic mass is 32.1.